The van der Waals surface area contributed by atoms with Gasteiger partial charge in [0.1, 0.15) is 17.8 Å². The zero-order chi connectivity index (χ0) is 20.8. The molecule has 2 unspecified atom stereocenters. The molecule has 0 radical (unpaired) electrons. The van der Waals surface area contributed by atoms with Gasteiger partial charge in [-0.15, -0.1) is 0 Å². The van der Waals surface area contributed by atoms with Crippen molar-refractivity contribution in [3.05, 3.63) is 59.4 Å². The quantitative estimate of drug-likeness (QED) is 0.359. The second kappa shape index (κ2) is 9.31. The number of rotatable bonds is 9. The fourth-order valence-electron chi connectivity index (χ4n) is 2.51. The van der Waals surface area contributed by atoms with Crippen molar-refractivity contribution in [2.45, 2.75) is 24.9 Å². The largest absolute Gasteiger partial charge is 0.560 e. The van der Waals surface area contributed by atoms with Crippen LogP contribution in [0.25, 0.3) is 0 Å². The first-order valence-electron chi connectivity index (χ1n) is 8.36. The van der Waals surface area contributed by atoms with Crippen molar-refractivity contribution in [1.82, 2.24) is 0 Å². The number of carboxylic acid groups (broad SMARTS) is 2. The van der Waals surface area contributed by atoms with E-state index in [1.165, 1.54) is 24.3 Å². The van der Waals surface area contributed by atoms with Crippen molar-refractivity contribution < 1.29 is 33.9 Å². The predicted octanol–water partition coefficient (Wildman–Crippen LogP) is -0.499. The monoisotopic (exact) mass is 390 g/mol. The van der Waals surface area contributed by atoms with E-state index in [9.17, 15) is 19.0 Å². The maximum atomic E-state index is 14.2. The number of carbonyl (C=O) groups is 2. The van der Waals surface area contributed by atoms with Crippen LogP contribution in [0, 0.1) is 5.82 Å². The fourth-order valence-corrected chi connectivity index (χ4v) is 2.51. The number of nitrogens with two attached hydrogens (primary N) is 2. The van der Waals surface area contributed by atoms with Crippen molar-refractivity contribution in [1.29, 1.82) is 0 Å². The number of para-hydroxylation sites is 1. The fraction of sp³-hybridized carbons (Fsp3) is 0.222. The molecule has 10 heteroatoms. The Bertz CT molecular complexity index is 848. The van der Waals surface area contributed by atoms with Crippen LogP contribution in [0.2, 0.25) is 0 Å². The summed E-state index contributed by atoms with van der Waals surface area (Å²) in [6.07, 6.45) is -0.0712. The molecule has 0 heterocycles. The molecule has 0 saturated heterocycles. The number of carboxylic acids is 2. The van der Waals surface area contributed by atoms with Crippen LogP contribution in [0.3, 0.4) is 0 Å². The van der Waals surface area contributed by atoms with Crippen LogP contribution in [0.5, 0.6) is 5.75 Å². The van der Waals surface area contributed by atoms with Gasteiger partial charge >= 0.3 is 19.1 Å². The summed E-state index contributed by atoms with van der Waals surface area (Å²) in [5.74, 6) is -3.42. The molecule has 0 spiro atoms. The topological polar surface area (TPSA) is 156 Å². The normalized spacial score (nSPS) is 12.9. The van der Waals surface area contributed by atoms with Crippen LogP contribution in [0.4, 0.5) is 4.39 Å². The molecule has 0 aliphatic heterocycles. The molecule has 8 nitrogen and oxygen atoms in total. The number of benzene rings is 2. The lowest BCUT2D eigenvalue weighted by molar-refractivity contribution is -0.139. The van der Waals surface area contributed by atoms with Gasteiger partial charge in [-0.3, -0.25) is 9.59 Å². The van der Waals surface area contributed by atoms with Gasteiger partial charge in [0, 0.05) is 6.42 Å². The van der Waals surface area contributed by atoms with E-state index < -0.39 is 37.0 Å². The molecule has 2 atom stereocenters. The van der Waals surface area contributed by atoms with E-state index in [4.69, 9.17) is 26.3 Å². The lowest BCUT2D eigenvalue weighted by atomic mass is 9.78. The average Bonchev–Trinajstić information content (AvgIpc) is 2.64. The van der Waals surface area contributed by atoms with E-state index in [0.717, 1.165) is 6.07 Å². The molecule has 0 aliphatic carbocycles. The second-order valence-electron chi connectivity index (χ2n) is 6.24. The predicted molar refractivity (Wildman–Crippen MR) is 99.7 cm³/mol. The molecule has 148 valence electrons. The highest BCUT2D eigenvalue weighted by Crippen LogP contribution is 2.24. The molecule has 2 aromatic carbocycles. The molecule has 0 aliphatic rings. The smallest absolute Gasteiger partial charge is 0.530 e. The minimum atomic E-state index is -1.53. The van der Waals surface area contributed by atoms with Crippen molar-refractivity contribution >= 4 is 24.5 Å². The van der Waals surface area contributed by atoms with Crippen molar-refractivity contribution in [2.24, 2.45) is 11.5 Å². The van der Waals surface area contributed by atoms with Gasteiger partial charge in [0.2, 0.25) is 0 Å². The maximum absolute atomic E-state index is 14.2. The summed E-state index contributed by atoms with van der Waals surface area (Å²) in [5, 5.41) is 28.0. The van der Waals surface area contributed by atoms with Crippen LogP contribution >= 0.6 is 0 Å². The van der Waals surface area contributed by atoms with Gasteiger partial charge in [-0.25, -0.2) is 4.39 Å². The lowest BCUT2D eigenvalue weighted by Gasteiger charge is -2.16. The van der Waals surface area contributed by atoms with E-state index in [2.05, 4.69) is 0 Å². The summed E-state index contributed by atoms with van der Waals surface area (Å²) in [6.45, 7) is 0. The molecular weight excluding hydrogens is 370 g/mol. The van der Waals surface area contributed by atoms with Crippen LogP contribution < -0.4 is 21.6 Å². The minimum absolute atomic E-state index is 0.108. The molecule has 7 N–H and O–H groups in total. The third kappa shape index (κ3) is 5.52. The summed E-state index contributed by atoms with van der Waals surface area (Å²) in [6, 6.07) is 7.82. The van der Waals surface area contributed by atoms with Crippen molar-refractivity contribution in [2.75, 3.05) is 0 Å². The second-order valence-corrected chi connectivity index (χ2v) is 6.24. The van der Waals surface area contributed by atoms with Gasteiger partial charge in [-0.05, 0) is 29.1 Å². The first-order chi connectivity index (χ1) is 13.2. The van der Waals surface area contributed by atoms with E-state index in [-0.39, 0.29) is 24.2 Å². The lowest BCUT2D eigenvalue weighted by Crippen LogP contribution is -2.38. The van der Waals surface area contributed by atoms with E-state index >= 15 is 0 Å². The molecule has 0 bridgehead atoms. The summed E-state index contributed by atoms with van der Waals surface area (Å²) < 4.78 is 19.5. The highest BCUT2D eigenvalue weighted by atomic mass is 19.1. The van der Waals surface area contributed by atoms with Gasteiger partial charge in [0.15, 0.2) is 5.82 Å². The van der Waals surface area contributed by atoms with Gasteiger partial charge in [-0.2, -0.15) is 0 Å². The number of hydrogen-bond acceptors (Lipinski definition) is 6. The van der Waals surface area contributed by atoms with E-state index in [0.29, 0.717) is 11.0 Å². The summed E-state index contributed by atoms with van der Waals surface area (Å²) in [7, 11) is -1.53. The van der Waals surface area contributed by atoms with Crippen LogP contribution in [-0.4, -0.2) is 46.4 Å². The van der Waals surface area contributed by atoms with E-state index in [1.54, 1.807) is 12.1 Å². The zero-order valence-corrected chi connectivity index (χ0v) is 14.8. The minimum Gasteiger partial charge on any atom is -0.530 e. The van der Waals surface area contributed by atoms with Gasteiger partial charge in [0.25, 0.3) is 0 Å². The number of aliphatic carboxylic acids is 2. The molecule has 0 saturated carbocycles. The Kier molecular flexibility index (Phi) is 7.10. The maximum Gasteiger partial charge on any atom is 0.560 e. The Labute approximate surface area is 160 Å². The summed E-state index contributed by atoms with van der Waals surface area (Å²) >= 11 is 0. The molecular formula is C18H20BFN2O6. The van der Waals surface area contributed by atoms with Gasteiger partial charge in [0.05, 0.1) is 0 Å². The average molecular weight is 390 g/mol. The molecule has 0 aromatic heterocycles. The Morgan fingerprint density at radius 1 is 1.00 bits per heavy atom. The number of hydrogen-bond donors (Lipinski definition) is 5. The molecule has 2 rings (SSSR count). The molecule has 2 aromatic rings. The van der Waals surface area contributed by atoms with E-state index in [1.807, 2.05) is 0 Å². The molecule has 0 amide bonds. The van der Waals surface area contributed by atoms with Crippen LogP contribution in [0.15, 0.2) is 42.5 Å². The van der Waals surface area contributed by atoms with Gasteiger partial charge < -0.3 is 31.4 Å². The third-order valence-electron chi connectivity index (χ3n) is 4.07. The Balaban J connectivity index is 2.15. The Morgan fingerprint density at radius 3 is 2.14 bits per heavy atom. The Morgan fingerprint density at radius 2 is 1.57 bits per heavy atom. The zero-order valence-electron chi connectivity index (χ0n) is 14.8. The Hall–Kier alpha value is -2.95. The molecule has 28 heavy (non-hydrogen) atoms. The summed E-state index contributed by atoms with van der Waals surface area (Å²) in [4.78, 5) is 21.7. The standard InChI is InChI=1S/C18H20BFN2O6/c20-13-3-1-2-11(9-15(22)18(25)26)16(13)28-19(27)12-6-4-10(5-7-12)8-14(21)17(23)24/h1-7,14-15,27H,8-9,21-22H2,(H,23,24)(H,25,26). The third-order valence-corrected chi connectivity index (χ3v) is 4.07. The summed E-state index contributed by atoms with van der Waals surface area (Å²) in [5.41, 5.74) is 12.1. The first-order valence-corrected chi connectivity index (χ1v) is 8.36. The van der Waals surface area contributed by atoms with Crippen LogP contribution in [0.1, 0.15) is 11.1 Å². The van der Waals surface area contributed by atoms with Gasteiger partial charge in [-0.1, -0.05) is 36.4 Å². The molecule has 0 fully saturated rings. The van der Waals surface area contributed by atoms with Crippen molar-refractivity contribution in [3.8, 4) is 5.75 Å². The number of halogens is 1. The highest BCUT2D eigenvalue weighted by Gasteiger charge is 2.24. The van der Waals surface area contributed by atoms with Crippen molar-refractivity contribution in [3.63, 3.8) is 0 Å². The highest BCUT2D eigenvalue weighted by molar-refractivity contribution is 6.60. The SMILES string of the molecule is NC(Cc1ccc(B(O)Oc2c(F)cccc2CC(N)C(=O)O)cc1)C(=O)O. The first kappa shape index (κ1) is 21.4. The van der Waals surface area contributed by atoms with Crippen LogP contribution in [-0.2, 0) is 22.4 Å².